The number of benzene rings is 2. The smallest absolute Gasteiger partial charge is 0.229 e. The summed E-state index contributed by atoms with van der Waals surface area (Å²) in [5.41, 5.74) is 6.58. The summed E-state index contributed by atoms with van der Waals surface area (Å²) in [6, 6.07) is 8.90. The maximum atomic E-state index is 5.90. The van der Waals surface area contributed by atoms with Gasteiger partial charge in [-0.2, -0.15) is 4.98 Å². The maximum Gasteiger partial charge on any atom is 0.229 e. The van der Waals surface area contributed by atoms with Gasteiger partial charge in [0.15, 0.2) is 7.28 Å². The minimum atomic E-state index is 0.451. The second-order valence-electron chi connectivity index (χ2n) is 11.7. The Hall–Kier alpha value is -3.33. The SMILES string of the molecule is C[B]c1cc(Nc2ncc(Br)c(Nc3ccc4nccnc4c3N(C)SC)n2)c(OC)cc1N1CCC(N2CCN(C)CC2)CC1. The molecule has 0 atom stereocenters. The first kappa shape index (κ1) is 32.6. The van der Waals surface area contributed by atoms with Gasteiger partial charge in [-0.3, -0.25) is 14.9 Å². The number of hydrogen-bond acceptors (Lipinski definition) is 12. The summed E-state index contributed by atoms with van der Waals surface area (Å²) < 4.78 is 8.71. The Labute approximate surface area is 285 Å². The number of piperazine rings is 1. The summed E-state index contributed by atoms with van der Waals surface area (Å²) >= 11 is 5.23. The zero-order valence-corrected chi connectivity index (χ0v) is 29.5. The highest BCUT2D eigenvalue weighted by Gasteiger charge is 2.28. The van der Waals surface area contributed by atoms with Gasteiger partial charge < -0.3 is 29.5 Å². The predicted molar refractivity (Wildman–Crippen MR) is 196 cm³/mol. The van der Waals surface area contributed by atoms with E-state index in [2.05, 4.69) is 93.8 Å². The number of rotatable bonds is 10. The number of fused-ring (bicyclic) bond motifs is 1. The summed E-state index contributed by atoms with van der Waals surface area (Å²) in [5, 5.41) is 6.92. The number of likely N-dealkylation sites (N-methyl/N-ethyl adjacent to an activating group) is 1. The standard InChI is InChI=1S/C32H41BBrN10OS/c1-33-22-18-26(28(45-4)19-27(22)44-12-8-21(9-13-44)43-16-14-41(2)15-17-43)39-32-37-20-23(34)31(40-32)38-25-7-6-24-29(36-11-10-35-24)30(25)42(3)46-5/h6-7,10-11,18-21H,8-9,12-17H2,1-5H3,(H2,37,38,39,40). The molecule has 2 fully saturated rings. The van der Waals surface area contributed by atoms with Crippen LogP contribution >= 0.6 is 27.9 Å². The van der Waals surface area contributed by atoms with Crippen molar-refractivity contribution in [2.24, 2.45) is 0 Å². The lowest BCUT2D eigenvalue weighted by molar-refractivity contribution is 0.0982. The lowest BCUT2D eigenvalue weighted by Crippen LogP contribution is -2.52. The lowest BCUT2D eigenvalue weighted by atomic mass is 9.71. The van der Waals surface area contributed by atoms with Crippen molar-refractivity contribution in [1.82, 2.24) is 29.7 Å². The van der Waals surface area contributed by atoms with E-state index in [1.807, 2.05) is 25.4 Å². The van der Waals surface area contributed by atoms with E-state index in [1.54, 1.807) is 37.6 Å². The van der Waals surface area contributed by atoms with E-state index < -0.39 is 0 Å². The van der Waals surface area contributed by atoms with E-state index in [-0.39, 0.29) is 0 Å². The summed E-state index contributed by atoms with van der Waals surface area (Å²) in [6.07, 6.45) is 9.54. The van der Waals surface area contributed by atoms with Gasteiger partial charge in [-0.1, -0.05) is 24.2 Å². The summed E-state index contributed by atoms with van der Waals surface area (Å²) in [4.78, 5) is 26.1. The molecular weight excluding hydrogens is 663 g/mol. The Bertz CT molecular complexity index is 1670. The van der Waals surface area contributed by atoms with Crippen molar-refractivity contribution < 1.29 is 4.74 Å². The van der Waals surface area contributed by atoms with Crippen molar-refractivity contribution in [3.05, 3.63) is 47.3 Å². The Kier molecular flexibility index (Phi) is 10.4. The first-order chi connectivity index (χ1) is 22.4. The normalized spacial score (nSPS) is 16.4. The molecule has 0 amide bonds. The van der Waals surface area contributed by atoms with Crippen molar-refractivity contribution in [2.75, 3.05) is 86.6 Å². The average molecular weight is 705 g/mol. The fourth-order valence-electron chi connectivity index (χ4n) is 6.31. The molecule has 0 unspecified atom stereocenters. The first-order valence-electron chi connectivity index (χ1n) is 15.7. The largest absolute Gasteiger partial charge is 0.494 e. The average Bonchev–Trinajstić information content (AvgIpc) is 3.09. The van der Waals surface area contributed by atoms with Gasteiger partial charge in [0, 0.05) is 89.0 Å². The molecule has 2 aliphatic heterocycles. The summed E-state index contributed by atoms with van der Waals surface area (Å²) in [7, 11) is 8.10. The third-order valence-electron chi connectivity index (χ3n) is 8.97. The molecule has 0 bridgehead atoms. The molecule has 4 heterocycles. The van der Waals surface area contributed by atoms with E-state index in [1.165, 1.54) is 31.6 Å². The van der Waals surface area contributed by atoms with Crippen molar-refractivity contribution in [2.45, 2.75) is 25.7 Å². The molecule has 4 aromatic rings. The van der Waals surface area contributed by atoms with Crippen LogP contribution in [0.25, 0.3) is 11.0 Å². The highest BCUT2D eigenvalue weighted by Crippen LogP contribution is 2.38. The monoisotopic (exact) mass is 703 g/mol. The quantitative estimate of drug-likeness (QED) is 0.172. The molecule has 1 radical (unpaired) electrons. The molecule has 6 rings (SSSR count). The Morgan fingerprint density at radius 1 is 1.00 bits per heavy atom. The number of nitrogens with one attached hydrogen (secondary N) is 2. The van der Waals surface area contributed by atoms with Crippen LogP contribution in [0.2, 0.25) is 6.82 Å². The molecule has 0 saturated carbocycles. The molecular formula is C32H41BBrN10OS. The van der Waals surface area contributed by atoms with Gasteiger partial charge in [-0.15, -0.1) is 0 Å². The van der Waals surface area contributed by atoms with Gasteiger partial charge in [0.2, 0.25) is 5.95 Å². The molecule has 46 heavy (non-hydrogen) atoms. The first-order valence-corrected chi connectivity index (χ1v) is 17.6. The Morgan fingerprint density at radius 3 is 2.48 bits per heavy atom. The summed E-state index contributed by atoms with van der Waals surface area (Å²) in [6.45, 7) is 8.82. The van der Waals surface area contributed by atoms with Crippen LogP contribution < -0.4 is 30.0 Å². The number of anilines is 6. The Balaban J connectivity index is 1.22. The molecule has 14 heteroatoms. The molecule has 11 nitrogen and oxygen atoms in total. The Morgan fingerprint density at radius 2 is 1.76 bits per heavy atom. The van der Waals surface area contributed by atoms with E-state index in [9.17, 15) is 0 Å². The number of piperidine rings is 1. The van der Waals surface area contributed by atoms with E-state index in [4.69, 9.17) is 9.72 Å². The van der Waals surface area contributed by atoms with Gasteiger partial charge >= 0.3 is 0 Å². The van der Waals surface area contributed by atoms with Crippen molar-refractivity contribution in [3.63, 3.8) is 0 Å². The fraction of sp³-hybridized carbons (Fsp3) is 0.438. The molecule has 241 valence electrons. The van der Waals surface area contributed by atoms with Crippen molar-refractivity contribution >= 4 is 86.2 Å². The van der Waals surface area contributed by atoms with Crippen LogP contribution in [-0.4, -0.2) is 110 Å². The maximum absolute atomic E-state index is 5.90. The van der Waals surface area contributed by atoms with Crippen LogP contribution in [0.3, 0.4) is 0 Å². The number of nitrogens with zero attached hydrogens (tertiary/aromatic N) is 8. The lowest BCUT2D eigenvalue weighted by Gasteiger charge is -2.43. The van der Waals surface area contributed by atoms with Crippen LogP contribution in [0, 0.1) is 0 Å². The molecule has 0 aliphatic carbocycles. The van der Waals surface area contributed by atoms with Gasteiger partial charge in [0.25, 0.3) is 0 Å². The minimum Gasteiger partial charge on any atom is -0.494 e. The van der Waals surface area contributed by atoms with Crippen molar-refractivity contribution in [3.8, 4) is 5.75 Å². The van der Waals surface area contributed by atoms with Gasteiger partial charge in [0.05, 0.1) is 34.2 Å². The second kappa shape index (κ2) is 14.6. The van der Waals surface area contributed by atoms with Gasteiger partial charge in [-0.25, -0.2) is 4.98 Å². The molecule has 2 saturated heterocycles. The number of aromatic nitrogens is 4. The molecule has 0 spiro atoms. The van der Waals surface area contributed by atoms with Gasteiger partial charge in [-0.05, 0) is 54.0 Å². The van der Waals surface area contributed by atoms with E-state index >= 15 is 0 Å². The van der Waals surface area contributed by atoms with Crippen molar-refractivity contribution in [1.29, 1.82) is 0 Å². The van der Waals surface area contributed by atoms with Crippen LogP contribution in [0.1, 0.15) is 12.8 Å². The van der Waals surface area contributed by atoms with Crippen LogP contribution in [-0.2, 0) is 0 Å². The number of ether oxygens (including phenoxy) is 1. The van der Waals surface area contributed by atoms with E-state index in [0.717, 1.165) is 70.0 Å². The fourth-order valence-corrected chi connectivity index (χ4v) is 6.97. The number of methoxy groups -OCH3 is 1. The third-order valence-corrected chi connectivity index (χ3v) is 10.3. The van der Waals surface area contributed by atoms with Crippen LogP contribution in [0.15, 0.2) is 47.3 Å². The van der Waals surface area contributed by atoms with Crippen LogP contribution in [0.4, 0.5) is 34.5 Å². The molecule has 2 aromatic carbocycles. The number of hydrogen-bond donors (Lipinski definition) is 2. The molecule has 2 aliphatic rings. The van der Waals surface area contributed by atoms with E-state index in [0.29, 0.717) is 17.8 Å². The number of halogens is 1. The zero-order chi connectivity index (χ0) is 32.2. The second-order valence-corrected chi connectivity index (χ2v) is 13.4. The molecule has 2 N–H and O–H groups in total. The summed E-state index contributed by atoms with van der Waals surface area (Å²) in [5.74, 6) is 1.82. The highest BCUT2D eigenvalue weighted by molar-refractivity contribution is 9.10. The predicted octanol–water partition coefficient (Wildman–Crippen LogP) is 4.99. The highest BCUT2D eigenvalue weighted by atomic mass is 79.9. The topological polar surface area (TPSA) is 97.8 Å². The van der Waals surface area contributed by atoms with Crippen LogP contribution in [0.5, 0.6) is 5.75 Å². The molecule has 2 aromatic heterocycles. The minimum absolute atomic E-state index is 0.451. The zero-order valence-electron chi connectivity index (χ0n) is 27.1. The third kappa shape index (κ3) is 6.99. The van der Waals surface area contributed by atoms with Gasteiger partial charge in [0.1, 0.15) is 17.1 Å².